The monoisotopic (exact) mass is 204 g/mol. The molecular formula is C13H20N2. The molecular weight excluding hydrogens is 184 g/mol. The number of nitrogens with zero attached hydrogens (tertiary/aromatic N) is 1. The van der Waals surface area contributed by atoms with E-state index < -0.39 is 0 Å². The van der Waals surface area contributed by atoms with E-state index in [9.17, 15) is 0 Å². The molecule has 15 heavy (non-hydrogen) atoms. The molecule has 2 heteroatoms. The summed E-state index contributed by atoms with van der Waals surface area (Å²) in [5.74, 6) is 0.735. The van der Waals surface area contributed by atoms with Crippen LogP contribution in [0, 0.1) is 5.92 Å². The van der Waals surface area contributed by atoms with Crippen LogP contribution in [0.1, 0.15) is 19.3 Å². The molecule has 0 aliphatic carbocycles. The third-order valence-corrected chi connectivity index (χ3v) is 3.30. The number of nitrogens with two attached hydrogens (primary N) is 1. The number of para-hydroxylation sites is 1. The number of rotatable bonds is 2. The highest BCUT2D eigenvalue weighted by Crippen LogP contribution is 2.21. The SMILES string of the molecule is NCC1CCCN(c2ccccc2)CC1. The summed E-state index contributed by atoms with van der Waals surface area (Å²) in [6.45, 7) is 3.19. The Balaban J connectivity index is 2.00. The van der Waals surface area contributed by atoms with E-state index in [0.717, 1.165) is 19.0 Å². The fourth-order valence-corrected chi connectivity index (χ4v) is 2.30. The van der Waals surface area contributed by atoms with Crippen molar-refractivity contribution in [3.05, 3.63) is 30.3 Å². The fourth-order valence-electron chi connectivity index (χ4n) is 2.30. The van der Waals surface area contributed by atoms with Gasteiger partial charge in [0.1, 0.15) is 0 Å². The van der Waals surface area contributed by atoms with Gasteiger partial charge in [-0.15, -0.1) is 0 Å². The Morgan fingerprint density at radius 3 is 2.67 bits per heavy atom. The molecule has 0 saturated carbocycles. The minimum absolute atomic E-state index is 0.735. The maximum Gasteiger partial charge on any atom is 0.0366 e. The van der Waals surface area contributed by atoms with Crippen LogP contribution in [-0.2, 0) is 0 Å². The second-order valence-corrected chi connectivity index (χ2v) is 4.36. The van der Waals surface area contributed by atoms with Gasteiger partial charge in [-0.2, -0.15) is 0 Å². The summed E-state index contributed by atoms with van der Waals surface area (Å²) in [6.07, 6.45) is 3.81. The van der Waals surface area contributed by atoms with Crippen molar-refractivity contribution in [1.29, 1.82) is 0 Å². The van der Waals surface area contributed by atoms with Crippen molar-refractivity contribution in [2.24, 2.45) is 11.7 Å². The maximum atomic E-state index is 5.74. The molecule has 82 valence electrons. The third kappa shape index (κ3) is 2.72. The molecule has 2 rings (SSSR count). The second-order valence-electron chi connectivity index (χ2n) is 4.36. The number of hydrogen-bond acceptors (Lipinski definition) is 2. The molecule has 2 N–H and O–H groups in total. The predicted molar refractivity (Wildman–Crippen MR) is 65.1 cm³/mol. The van der Waals surface area contributed by atoms with E-state index in [1.807, 2.05) is 0 Å². The van der Waals surface area contributed by atoms with Crippen molar-refractivity contribution < 1.29 is 0 Å². The van der Waals surface area contributed by atoms with Crippen molar-refractivity contribution >= 4 is 5.69 Å². The molecule has 0 spiro atoms. The molecule has 1 aliphatic rings. The highest BCUT2D eigenvalue weighted by atomic mass is 15.1. The lowest BCUT2D eigenvalue weighted by Crippen LogP contribution is -2.24. The predicted octanol–water partition coefficient (Wildman–Crippen LogP) is 2.25. The normalized spacial score (nSPS) is 22.5. The summed E-state index contributed by atoms with van der Waals surface area (Å²) < 4.78 is 0. The molecule has 1 saturated heterocycles. The number of anilines is 1. The Labute approximate surface area is 92.1 Å². The summed E-state index contributed by atoms with van der Waals surface area (Å²) in [6, 6.07) is 10.7. The van der Waals surface area contributed by atoms with Crippen LogP contribution >= 0.6 is 0 Å². The standard InChI is InChI=1S/C13H20N2/c14-11-12-5-4-9-15(10-8-12)13-6-2-1-3-7-13/h1-3,6-7,12H,4-5,8-11,14H2. The van der Waals surface area contributed by atoms with Crippen molar-refractivity contribution in [2.45, 2.75) is 19.3 Å². The first-order valence-electron chi connectivity index (χ1n) is 5.90. The Morgan fingerprint density at radius 2 is 1.93 bits per heavy atom. The van der Waals surface area contributed by atoms with Gasteiger partial charge in [-0.1, -0.05) is 18.2 Å². The molecule has 1 heterocycles. The van der Waals surface area contributed by atoms with E-state index in [4.69, 9.17) is 5.73 Å². The smallest absolute Gasteiger partial charge is 0.0366 e. The average Bonchev–Trinajstić information content (AvgIpc) is 2.55. The fraction of sp³-hybridized carbons (Fsp3) is 0.538. The van der Waals surface area contributed by atoms with Gasteiger partial charge in [-0.3, -0.25) is 0 Å². The van der Waals surface area contributed by atoms with Crippen LogP contribution in [0.15, 0.2) is 30.3 Å². The van der Waals surface area contributed by atoms with Crippen LogP contribution in [0.4, 0.5) is 5.69 Å². The van der Waals surface area contributed by atoms with Gasteiger partial charge in [-0.25, -0.2) is 0 Å². The Kier molecular flexibility index (Phi) is 3.62. The lowest BCUT2D eigenvalue weighted by molar-refractivity contribution is 0.485. The zero-order valence-electron chi connectivity index (χ0n) is 9.23. The minimum Gasteiger partial charge on any atom is -0.372 e. The van der Waals surface area contributed by atoms with Crippen molar-refractivity contribution in [3.63, 3.8) is 0 Å². The quantitative estimate of drug-likeness (QED) is 0.800. The van der Waals surface area contributed by atoms with Crippen LogP contribution < -0.4 is 10.6 Å². The van der Waals surface area contributed by atoms with Gasteiger partial charge in [0.15, 0.2) is 0 Å². The van der Waals surface area contributed by atoms with Crippen LogP contribution in [0.2, 0.25) is 0 Å². The number of hydrogen-bond donors (Lipinski definition) is 1. The molecule has 1 aliphatic heterocycles. The maximum absolute atomic E-state index is 5.74. The molecule has 1 aromatic rings. The summed E-state index contributed by atoms with van der Waals surface area (Å²) >= 11 is 0. The largest absolute Gasteiger partial charge is 0.372 e. The minimum atomic E-state index is 0.735. The van der Waals surface area contributed by atoms with Gasteiger partial charge in [0.2, 0.25) is 0 Å². The van der Waals surface area contributed by atoms with E-state index in [2.05, 4.69) is 35.2 Å². The topological polar surface area (TPSA) is 29.3 Å². The third-order valence-electron chi connectivity index (χ3n) is 3.30. The van der Waals surface area contributed by atoms with Crippen molar-refractivity contribution in [1.82, 2.24) is 0 Å². The summed E-state index contributed by atoms with van der Waals surface area (Å²) in [7, 11) is 0. The molecule has 0 radical (unpaired) electrons. The highest BCUT2D eigenvalue weighted by molar-refractivity contribution is 5.45. The molecule has 0 aromatic heterocycles. The van der Waals surface area contributed by atoms with Crippen molar-refractivity contribution in [3.8, 4) is 0 Å². The molecule has 1 aromatic carbocycles. The van der Waals surface area contributed by atoms with E-state index in [-0.39, 0.29) is 0 Å². The Hall–Kier alpha value is -1.02. The first-order chi connectivity index (χ1) is 7.40. The van der Waals surface area contributed by atoms with E-state index >= 15 is 0 Å². The summed E-state index contributed by atoms with van der Waals surface area (Å²) in [4.78, 5) is 2.48. The first kappa shape index (κ1) is 10.5. The lowest BCUT2D eigenvalue weighted by atomic mass is 10.0. The first-order valence-corrected chi connectivity index (χ1v) is 5.90. The summed E-state index contributed by atoms with van der Waals surface area (Å²) in [5.41, 5.74) is 7.09. The molecule has 1 atom stereocenters. The highest BCUT2D eigenvalue weighted by Gasteiger charge is 2.15. The van der Waals surface area contributed by atoms with Gasteiger partial charge >= 0.3 is 0 Å². The molecule has 0 amide bonds. The zero-order chi connectivity index (χ0) is 10.5. The van der Waals surface area contributed by atoms with E-state index in [1.54, 1.807) is 0 Å². The van der Waals surface area contributed by atoms with Gasteiger partial charge in [-0.05, 0) is 43.9 Å². The summed E-state index contributed by atoms with van der Waals surface area (Å²) in [5, 5.41) is 0. The van der Waals surface area contributed by atoms with Gasteiger partial charge in [0.05, 0.1) is 0 Å². The molecule has 1 unspecified atom stereocenters. The van der Waals surface area contributed by atoms with Crippen LogP contribution in [0.3, 0.4) is 0 Å². The van der Waals surface area contributed by atoms with E-state index in [0.29, 0.717) is 0 Å². The number of benzene rings is 1. The van der Waals surface area contributed by atoms with Crippen LogP contribution in [0.5, 0.6) is 0 Å². The zero-order valence-corrected chi connectivity index (χ0v) is 9.23. The van der Waals surface area contributed by atoms with Crippen molar-refractivity contribution in [2.75, 3.05) is 24.5 Å². The molecule has 2 nitrogen and oxygen atoms in total. The average molecular weight is 204 g/mol. The Bertz CT molecular complexity index is 284. The van der Waals surface area contributed by atoms with Crippen LogP contribution in [0.25, 0.3) is 0 Å². The van der Waals surface area contributed by atoms with E-state index in [1.165, 1.54) is 31.5 Å². The molecule has 1 fully saturated rings. The van der Waals surface area contributed by atoms with Gasteiger partial charge < -0.3 is 10.6 Å². The molecule has 0 bridgehead atoms. The lowest BCUT2D eigenvalue weighted by Gasteiger charge is -2.22. The van der Waals surface area contributed by atoms with Crippen LogP contribution in [-0.4, -0.2) is 19.6 Å². The Morgan fingerprint density at radius 1 is 1.13 bits per heavy atom. The van der Waals surface area contributed by atoms with Gasteiger partial charge in [0, 0.05) is 18.8 Å². The second kappa shape index (κ2) is 5.17. The van der Waals surface area contributed by atoms with Gasteiger partial charge in [0.25, 0.3) is 0 Å².